The fourth-order valence-corrected chi connectivity index (χ4v) is 5.61. The van der Waals surface area contributed by atoms with Crippen LogP contribution in [0.15, 0.2) is 134 Å². The maximum Gasteiger partial charge on any atom is 0.116 e. The van der Waals surface area contributed by atoms with Crippen molar-refractivity contribution in [2.45, 2.75) is 69.8 Å². The van der Waals surface area contributed by atoms with Crippen LogP contribution in [0, 0.1) is 0 Å². The van der Waals surface area contributed by atoms with Crippen LogP contribution in [0.25, 0.3) is 0 Å². The highest BCUT2D eigenvalue weighted by atomic mass is 16.6. The molecule has 0 radical (unpaired) electrons. The lowest BCUT2D eigenvalue weighted by Crippen LogP contribution is -2.66. The van der Waals surface area contributed by atoms with Crippen LogP contribution < -0.4 is 0 Å². The molecule has 5 nitrogen and oxygen atoms in total. The molecule has 0 unspecified atom stereocenters. The van der Waals surface area contributed by atoms with Crippen LogP contribution >= 0.6 is 0 Å². The molecular formula is C38H42O5. The average Bonchev–Trinajstić information content (AvgIpc) is 3.05. The van der Waals surface area contributed by atoms with E-state index in [0.29, 0.717) is 39.5 Å². The lowest BCUT2D eigenvalue weighted by Gasteiger charge is -2.51. The van der Waals surface area contributed by atoms with Crippen LogP contribution in [0.4, 0.5) is 0 Å². The average molecular weight is 579 g/mol. The molecular weight excluding hydrogens is 536 g/mol. The summed E-state index contributed by atoms with van der Waals surface area (Å²) in [5.74, 6) is 0. The van der Waals surface area contributed by atoms with Crippen molar-refractivity contribution in [3.8, 4) is 0 Å². The molecule has 5 atom stereocenters. The summed E-state index contributed by atoms with van der Waals surface area (Å²) in [4.78, 5) is 0. The Morgan fingerprint density at radius 1 is 0.605 bits per heavy atom. The number of hydrogen-bond acceptors (Lipinski definition) is 5. The molecule has 224 valence electrons. The fraction of sp³-hybridized carbons (Fsp3) is 0.316. The first kappa shape index (κ1) is 30.9. The molecule has 1 fully saturated rings. The van der Waals surface area contributed by atoms with Crippen LogP contribution in [-0.2, 0) is 50.1 Å². The highest BCUT2D eigenvalue weighted by Gasteiger charge is 2.54. The summed E-state index contributed by atoms with van der Waals surface area (Å²) in [6.07, 6.45) is 0.767. The predicted octanol–water partition coefficient (Wildman–Crippen LogP) is 7.69. The van der Waals surface area contributed by atoms with E-state index in [4.69, 9.17) is 23.7 Å². The van der Waals surface area contributed by atoms with Crippen LogP contribution in [0.2, 0.25) is 0 Å². The van der Waals surface area contributed by atoms with Crippen LogP contribution in [0.5, 0.6) is 0 Å². The van der Waals surface area contributed by atoms with Gasteiger partial charge in [0.2, 0.25) is 0 Å². The molecule has 1 heterocycles. The van der Waals surface area contributed by atoms with E-state index in [1.165, 1.54) is 0 Å². The van der Waals surface area contributed by atoms with Crippen LogP contribution in [0.3, 0.4) is 0 Å². The molecule has 0 aromatic heterocycles. The van der Waals surface area contributed by atoms with Crippen molar-refractivity contribution in [3.05, 3.63) is 156 Å². The van der Waals surface area contributed by atoms with E-state index in [1.807, 2.05) is 78.9 Å². The molecule has 5 rings (SSSR count). The Morgan fingerprint density at radius 2 is 1.02 bits per heavy atom. The van der Waals surface area contributed by atoms with E-state index in [9.17, 15) is 0 Å². The summed E-state index contributed by atoms with van der Waals surface area (Å²) in [5.41, 5.74) is 3.63. The highest BCUT2D eigenvalue weighted by molar-refractivity contribution is 5.17. The van der Waals surface area contributed by atoms with Gasteiger partial charge in [-0.1, -0.05) is 127 Å². The van der Waals surface area contributed by atoms with E-state index >= 15 is 0 Å². The maximum absolute atomic E-state index is 6.91. The Kier molecular flexibility index (Phi) is 11.3. The summed E-state index contributed by atoms with van der Waals surface area (Å²) in [6, 6.07) is 40.7. The minimum Gasteiger partial charge on any atom is -0.374 e. The van der Waals surface area contributed by atoms with Gasteiger partial charge in [0.25, 0.3) is 0 Å². The summed E-state index contributed by atoms with van der Waals surface area (Å²) < 4.78 is 33.4. The number of rotatable bonds is 15. The van der Waals surface area contributed by atoms with Gasteiger partial charge in [0.1, 0.15) is 24.4 Å². The van der Waals surface area contributed by atoms with Crippen molar-refractivity contribution in [1.82, 2.24) is 0 Å². The first-order chi connectivity index (χ1) is 21.1. The van der Waals surface area contributed by atoms with Gasteiger partial charge in [-0.3, -0.25) is 0 Å². The highest BCUT2D eigenvalue weighted by Crippen LogP contribution is 2.39. The van der Waals surface area contributed by atoms with Gasteiger partial charge < -0.3 is 23.7 Å². The van der Waals surface area contributed by atoms with E-state index in [2.05, 4.69) is 62.0 Å². The fourth-order valence-electron chi connectivity index (χ4n) is 5.61. The molecule has 0 saturated carbocycles. The number of benzene rings is 4. The van der Waals surface area contributed by atoms with Gasteiger partial charge >= 0.3 is 0 Å². The minimum absolute atomic E-state index is 0.345. The van der Waals surface area contributed by atoms with Gasteiger partial charge in [0, 0.05) is 0 Å². The Bertz CT molecular complexity index is 1350. The lowest BCUT2D eigenvalue weighted by molar-refractivity contribution is -0.303. The summed E-state index contributed by atoms with van der Waals surface area (Å²) in [5, 5.41) is 0. The zero-order chi connectivity index (χ0) is 29.7. The molecule has 43 heavy (non-hydrogen) atoms. The van der Waals surface area contributed by atoms with Gasteiger partial charge in [0.15, 0.2) is 0 Å². The monoisotopic (exact) mass is 578 g/mol. The smallest absolute Gasteiger partial charge is 0.116 e. The SMILES string of the molecule is C=CC[C@@]1(C)O[C@H](COCc2ccccc2)[C@@H](OCc2ccccc2)[C@H](OCc2ccccc2)[C@H]1OCc1ccccc1. The largest absolute Gasteiger partial charge is 0.374 e. The third kappa shape index (κ3) is 8.73. The van der Waals surface area contributed by atoms with Gasteiger partial charge in [-0.05, 0) is 35.6 Å². The molecule has 0 aliphatic carbocycles. The van der Waals surface area contributed by atoms with Crippen molar-refractivity contribution in [1.29, 1.82) is 0 Å². The van der Waals surface area contributed by atoms with Crippen molar-refractivity contribution in [2.24, 2.45) is 0 Å². The molecule has 5 heteroatoms. The molecule has 4 aromatic carbocycles. The Labute approximate surface area is 256 Å². The van der Waals surface area contributed by atoms with Gasteiger partial charge in [-0.15, -0.1) is 6.58 Å². The Morgan fingerprint density at radius 3 is 1.49 bits per heavy atom. The maximum atomic E-state index is 6.91. The van der Waals surface area contributed by atoms with Crippen molar-refractivity contribution in [2.75, 3.05) is 6.61 Å². The Hall–Kier alpha value is -3.58. The molecule has 0 amide bonds. The van der Waals surface area contributed by atoms with Gasteiger partial charge in [-0.25, -0.2) is 0 Å². The molecule has 0 spiro atoms. The molecule has 1 saturated heterocycles. The third-order valence-corrected chi connectivity index (χ3v) is 7.80. The second-order valence-electron chi connectivity index (χ2n) is 11.2. The first-order valence-electron chi connectivity index (χ1n) is 15.0. The summed E-state index contributed by atoms with van der Waals surface area (Å²) in [7, 11) is 0. The summed E-state index contributed by atoms with van der Waals surface area (Å²) in [6.45, 7) is 8.22. The van der Waals surface area contributed by atoms with Gasteiger partial charge in [0.05, 0.1) is 38.6 Å². The normalized spacial score (nSPS) is 23.6. The van der Waals surface area contributed by atoms with Crippen LogP contribution in [0.1, 0.15) is 35.6 Å². The number of ether oxygens (including phenoxy) is 5. The zero-order valence-electron chi connectivity index (χ0n) is 24.9. The van der Waals surface area contributed by atoms with Crippen molar-refractivity contribution in [3.63, 3.8) is 0 Å². The molecule has 0 bridgehead atoms. The van der Waals surface area contributed by atoms with E-state index in [1.54, 1.807) is 0 Å². The summed E-state index contributed by atoms with van der Waals surface area (Å²) >= 11 is 0. The second kappa shape index (κ2) is 15.8. The quantitative estimate of drug-likeness (QED) is 0.135. The molecule has 1 aliphatic heterocycles. The second-order valence-corrected chi connectivity index (χ2v) is 11.2. The van der Waals surface area contributed by atoms with Gasteiger partial charge in [-0.2, -0.15) is 0 Å². The van der Waals surface area contributed by atoms with Crippen molar-refractivity contribution >= 4 is 0 Å². The molecule has 4 aromatic rings. The standard InChI is InChI=1S/C38H42O5/c1-3-24-38(2)37(42-28-33-22-14-7-15-23-33)36(41-27-32-20-12-6-13-21-32)35(40-26-31-18-10-5-11-19-31)34(43-38)29-39-25-30-16-8-4-9-17-30/h3-23,34-37H,1,24-29H2,2H3/t34-,35-,36+,37-,38-/m1/s1. The first-order valence-corrected chi connectivity index (χ1v) is 15.0. The Balaban J connectivity index is 1.44. The topological polar surface area (TPSA) is 46.2 Å². The molecule has 1 aliphatic rings. The van der Waals surface area contributed by atoms with E-state index in [0.717, 1.165) is 22.3 Å². The van der Waals surface area contributed by atoms with E-state index < -0.39 is 30.0 Å². The minimum atomic E-state index is -0.717. The zero-order valence-corrected chi connectivity index (χ0v) is 24.9. The van der Waals surface area contributed by atoms with Crippen LogP contribution in [-0.4, -0.2) is 36.6 Å². The number of hydrogen-bond donors (Lipinski definition) is 0. The molecule has 0 N–H and O–H groups in total. The van der Waals surface area contributed by atoms with E-state index in [-0.39, 0.29) is 0 Å². The predicted molar refractivity (Wildman–Crippen MR) is 169 cm³/mol. The third-order valence-electron chi connectivity index (χ3n) is 7.80. The van der Waals surface area contributed by atoms with Crippen molar-refractivity contribution < 1.29 is 23.7 Å². The lowest BCUT2D eigenvalue weighted by atomic mass is 9.83.